The molecule has 1 aromatic rings. The van der Waals surface area contributed by atoms with Crippen LogP contribution in [0.15, 0.2) is 22.7 Å². The van der Waals surface area contributed by atoms with Crippen molar-refractivity contribution in [1.29, 1.82) is 0 Å². The Morgan fingerprint density at radius 3 is 3.11 bits per heavy atom. The van der Waals surface area contributed by atoms with Crippen LogP contribution in [0.3, 0.4) is 0 Å². The van der Waals surface area contributed by atoms with Crippen molar-refractivity contribution < 1.29 is 9.13 Å². The molecule has 1 atom stereocenters. The van der Waals surface area contributed by atoms with E-state index in [1.54, 1.807) is 0 Å². The summed E-state index contributed by atoms with van der Waals surface area (Å²) in [5, 5.41) is 3.15. The molecule has 1 fully saturated rings. The molecule has 0 radical (unpaired) electrons. The molecule has 0 aliphatic carbocycles. The average Bonchev–Trinajstić information content (AvgIpc) is 2.35. The summed E-state index contributed by atoms with van der Waals surface area (Å²) in [6.07, 6.45) is 0. The van der Waals surface area contributed by atoms with E-state index in [0.29, 0.717) is 19.2 Å². The second kappa shape index (κ2) is 6.61. The second-order valence-electron chi connectivity index (χ2n) is 4.49. The van der Waals surface area contributed by atoms with Crippen LogP contribution >= 0.6 is 15.9 Å². The fourth-order valence-corrected chi connectivity index (χ4v) is 2.52. The van der Waals surface area contributed by atoms with Gasteiger partial charge in [-0.25, -0.2) is 4.39 Å². The van der Waals surface area contributed by atoms with Crippen molar-refractivity contribution in [2.75, 3.05) is 33.4 Å². The lowest BCUT2D eigenvalue weighted by Gasteiger charge is -2.35. The van der Waals surface area contributed by atoms with E-state index in [1.165, 1.54) is 6.07 Å². The summed E-state index contributed by atoms with van der Waals surface area (Å²) < 4.78 is 20.1. The molecule has 0 aromatic heterocycles. The molecule has 1 saturated heterocycles. The lowest BCUT2D eigenvalue weighted by atomic mass is 10.1. The van der Waals surface area contributed by atoms with Crippen LogP contribution in [0.4, 0.5) is 4.39 Å². The van der Waals surface area contributed by atoms with Crippen molar-refractivity contribution in [1.82, 2.24) is 10.2 Å². The number of hydrogen-bond acceptors (Lipinski definition) is 3. The first kappa shape index (κ1) is 13.9. The molecule has 1 heterocycles. The predicted molar refractivity (Wildman–Crippen MR) is 73.0 cm³/mol. The zero-order valence-electron chi connectivity index (χ0n) is 10.5. The summed E-state index contributed by atoms with van der Waals surface area (Å²) in [6.45, 7) is 3.77. The highest BCUT2D eigenvalue weighted by Gasteiger charge is 2.23. The van der Waals surface area contributed by atoms with Gasteiger partial charge in [-0.15, -0.1) is 0 Å². The summed E-state index contributed by atoms with van der Waals surface area (Å²) >= 11 is 3.27. The number of nitrogens with zero attached hydrogens (tertiary/aromatic N) is 1. The van der Waals surface area contributed by atoms with Gasteiger partial charge in [-0.1, -0.05) is 22.0 Å². The quantitative estimate of drug-likeness (QED) is 0.919. The monoisotopic (exact) mass is 316 g/mol. The standard InChI is InChI=1S/C13H18BrFN2O/c1-16-7-12-9-18-5-4-17(12)8-10-2-3-11(14)6-13(10)15/h2-3,6,12,16H,4-5,7-9H2,1H3. The smallest absolute Gasteiger partial charge is 0.128 e. The number of benzene rings is 1. The van der Waals surface area contributed by atoms with Gasteiger partial charge in [-0.2, -0.15) is 0 Å². The minimum Gasteiger partial charge on any atom is -0.378 e. The maximum Gasteiger partial charge on any atom is 0.128 e. The van der Waals surface area contributed by atoms with Crippen LogP contribution in [0.5, 0.6) is 0 Å². The normalized spacial score (nSPS) is 21.2. The molecule has 1 unspecified atom stereocenters. The SMILES string of the molecule is CNCC1COCCN1Cc1ccc(Br)cc1F. The maximum atomic E-state index is 13.8. The Morgan fingerprint density at radius 2 is 2.39 bits per heavy atom. The molecule has 1 aromatic carbocycles. The Balaban J connectivity index is 2.06. The largest absolute Gasteiger partial charge is 0.378 e. The lowest BCUT2D eigenvalue weighted by molar-refractivity contribution is -0.0107. The Bertz CT molecular complexity index is 401. The van der Waals surface area contributed by atoms with Gasteiger partial charge in [-0.05, 0) is 19.2 Å². The third-order valence-electron chi connectivity index (χ3n) is 3.18. The van der Waals surface area contributed by atoms with E-state index in [-0.39, 0.29) is 5.82 Å². The first-order valence-corrected chi connectivity index (χ1v) is 6.90. The maximum absolute atomic E-state index is 13.8. The van der Waals surface area contributed by atoms with Crippen LogP contribution in [0.25, 0.3) is 0 Å². The predicted octanol–water partition coefficient (Wildman–Crippen LogP) is 2.01. The number of morpholine rings is 1. The topological polar surface area (TPSA) is 24.5 Å². The van der Waals surface area contributed by atoms with Crippen LogP contribution in [0, 0.1) is 5.82 Å². The number of ether oxygens (including phenoxy) is 1. The zero-order chi connectivity index (χ0) is 13.0. The molecule has 3 nitrogen and oxygen atoms in total. The summed E-state index contributed by atoms with van der Waals surface area (Å²) in [4.78, 5) is 2.27. The highest BCUT2D eigenvalue weighted by molar-refractivity contribution is 9.10. The van der Waals surface area contributed by atoms with Gasteiger partial charge in [0.25, 0.3) is 0 Å². The van der Waals surface area contributed by atoms with Crippen LogP contribution < -0.4 is 5.32 Å². The summed E-state index contributed by atoms with van der Waals surface area (Å²) in [6, 6.07) is 5.55. The third-order valence-corrected chi connectivity index (χ3v) is 3.67. The molecule has 0 saturated carbocycles. The van der Waals surface area contributed by atoms with Crippen molar-refractivity contribution in [3.05, 3.63) is 34.1 Å². The molecular weight excluding hydrogens is 299 g/mol. The van der Waals surface area contributed by atoms with Crippen molar-refractivity contribution in [2.24, 2.45) is 0 Å². The molecule has 0 amide bonds. The second-order valence-corrected chi connectivity index (χ2v) is 5.41. The Hall–Kier alpha value is -0.490. The minimum atomic E-state index is -0.154. The van der Waals surface area contributed by atoms with Crippen LogP contribution in [-0.2, 0) is 11.3 Å². The Kier molecular flexibility index (Phi) is 5.12. The van der Waals surface area contributed by atoms with Crippen LogP contribution in [-0.4, -0.2) is 44.3 Å². The average molecular weight is 317 g/mol. The van der Waals surface area contributed by atoms with Gasteiger partial charge in [0, 0.05) is 35.7 Å². The van der Waals surface area contributed by atoms with Gasteiger partial charge >= 0.3 is 0 Å². The fraction of sp³-hybridized carbons (Fsp3) is 0.538. The number of halogens is 2. The molecule has 100 valence electrons. The van der Waals surface area contributed by atoms with Gasteiger partial charge in [0.2, 0.25) is 0 Å². The lowest BCUT2D eigenvalue weighted by Crippen LogP contribution is -2.49. The molecule has 5 heteroatoms. The summed E-state index contributed by atoms with van der Waals surface area (Å²) in [5.41, 5.74) is 0.737. The van der Waals surface area contributed by atoms with E-state index in [4.69, 9.17) is 4.74 Å². The van der Waals surface area contributed by atoms with E-state index < -0.39 is 0 Å². The Morgan fingerprint density at radius 1 is 1.56 bits per heavy atom. The zero-order valence-corrected chi connectivity index (χ0v) is 12.0. The minimum absolute atomic E-state index is 0.154. The van der Waals surface area contributed by atoms with Gasteiger partial charge in [0.1, 0.15) is 5.82 Å². The van der Waals surface area contributed by atoms with Gasteiger partial charge < -0.3 is 10.1 Å². The molecule has 1 N–H and O–H groups in total. The van der Waals surface area contributed by atoms with Gasteiger partial charge in [0.15, 0.2) is 0 Å². The number of hydrogen-bond donors (Lipinski definition) is 1. The number of nitrogens with one attached hydrogen (secondary N) is 1. The first-order chi connectivity index (χ1) is 8.70. The van der Waals surface area contributed by atoms with Crippen LogP contribution in [0.2, 0.25) is 0 Å². The van der Waals surface area contributed by atoms with E-state index in [9.17, 15) is 4.39 Å². The van der Waals surface area contributed by atoms with Gasteiger partial charge in [-0.3, -0.25) is 4.90 Å². The van der Waals surface area contributed by atoms with E-state index in [0.717, 1.165) is 29.7 Å². The summed E-state index contributed by atoms with van der Waals surface area (Å²) in [7, 11) is 1.92. The fourth-order valence-electron chi connectivity index (χ4n) is 2.19. The van der Waals surface area contributed by atoms with E-state index >= 15 is 0 Å². The van der Waals surface area contributed by atoms with E-state index in [2.05, 4.69) is 26.1 Å². The van der Waals surface area contributed by atoms with Crippen molar-refractivity contribution >= 4 is 15.9 Å². The number of likely N-dealkylation sites (N-methyl/N-ethyl adjacent to an activating group) is 1. The Labute approximate surface area is 115 Å². The van der Waals surface area contributed by atoms with E-state index in [1.807, 2.05) is 19.2 Å². The molecule has 1 aliphatic heterocycles. The van der Waals surface area contributed by atoms with Crippen molar-refractivity contribution in [3.8, 4) is 0 Å². The molecular formula is C13H18BrFN2O. The molecule has 2 rings (SSSR count). The van der Waals surface area contributed by atoms with Crippen LogP contribution in [0.1, 0.15) is 5.56 Å². The molecule has 1 aliphatic rings. The van der Waals surface area contributed by atoms with Crippen molar-refractivity contribution in [2.45, 2.75) is 12.6 Å². The molecule has 0 spiro atoms. The molecule has 18 heavy (non-hydrogen) atoms. The van der Waals surface area contributed by atoms with Gasteiger partial charge in [0.05, 0.1) is 13.2 Å². The van der Waals surface area contributed by atoms with Crippen molar-refractivity contribution in [3.63, 3.8) is 0 Å². The first-order valence-electron chi connectivity index (χ1n) is 6.11. The highest BCUT2D eigenvalue weighted by atomic mass is 79.9. The highest BCUT2D eigenvalue weighted by Crippen LogP contribution is 2.18. The number of rotatable bonds is 4. The third kappa shape index (κ3) is 3.51. The summed E-state index contributed by atoms with van der Waals surface area (Å²) in [5.74, 6) is -0.154. The molecule has 0 bridgehead atoms.